The number of hydrogen-bond acceptors (Lipinski definition) is 3. The molecule has 1 unspecified atom stereocenters. The SMILES string of the molecule is N[C@@H](C[Se](=O)O)C(=O)O. The second kappa shape index (κ2) is 3.68. The molecular formula is C3H7NO4Se. The maximum atomic E-state index is 9.98. The molecule has 0 spiro atoms. The van der Waals surface area contributed by atoms with Crippen LogP contribution in [0.3, 0.4) is 0 Å². The van der Waals surface area contributed by atoms with Gasteiger partial charge in [-0.3, -0.25) is 0 Å². The van der Waals surface area contributed by atoms with E-state index in [0.29, 0.717) is 0 Å². The zero-order valence-electron chi connectivity index (χ0n) is 4.48. The Morgan fingerprint density at radius 2 is 2.22 bits per heavy atom. The van der Waals surface area contributed by atoms with Crippen molar-refractivity contribution in [3.63, 3.8) is 0 Å². The molecule has 6 heteroatoms. The molecule has 5 nitrogen and oxygen atoms in total. The molecule has 0 aliphatic rings. The van der Waals surface area contributed by atoms with Crippen LogP contribution in [-0.4, -0.2) is 35.5 Å². The van der Waals surface area contributed by atoms with Crippen LogP contribution in [0.1, 0.15) is 0 Å². The van der Waals surface area contributed by atoms with Gasteiger partial charge in [-0.15, -0.1) is 0 Å². The fraction of sp³-hybridized carbons (Fsp3) is 0.667. The Bertz CT molecular complexity index is 136. The van der Waals surface area contributed by atoms with Crippen molar-refractivity contribution in [2.75, 3.05) is 0 Å². The average molecular weight is 200 g/mol. The Kier molecular flexibility index (Phi) is 3.56. The Morgan fingerprint density at radius 1 is 1.78 bits per heavy atom. The van der Waals surface area contributed by atoms with Gasteiger partial charge in [0.05, 0.1) is 0 Å². The number of carbonyl (C=O) groups is 1. The van der Waals surface area contributed by atoms with Crippen LogP contribution in [0.25, 0.3) is 0 Å². The van der Waals surface area contributed by atoms with E-state index in [1.807, 2.05) is 0 Å². The van der Waals surface area contributed by atoms with E-state index < -0.39 is 26.2 Å². The molecule has 0 radical (unpaired) electrons. The van der Waals surface area contributed by atoms with Crippen molar-refractivity contribution in [2.45, 2.75) is 11.4 Å². The monoisotopic (exact) mass is 201 g/mol. The first kappa shape index (κ1) is 8.71. The summed E-state index contributed by atoms with van der Waals surface area (Å²) in [5, 5.41) is 7.75. The van der Waals surface area contributed by atoms with Crippen molar-refractivity contribution in [1.82, 2.24) is 0 Å². The number of aliphatic carboxylic acids is 1. The first-order valence-electron chi connectivity index (χ1n) is 2.10. The summed E-state index contributed by atoms with van der Waals surface area (Å²) in [6.07, 6.45) is 0. The fourth-order valence-electron chi connectivity index (χ4n) is 0.225. The van der Waals surface area contributed by atoms with Crippen molar-refractivity contribution in [1.29, 1.82) is 0 Å². The van der Waals surface area contributed by atoms with Gasteiger partial charge in [-0.25, -0.2) is 0 Å². The standard InChI is InChI=1S/C3H7NO4Se/c4-2(3(5)6)1-9(7)8/h2H,1,4H2,(H,5,6)(H,7,8)/t2-/m0/s1. The molecule has 54 valence electrons. The van der Waals surface area contributed by atoms with E-state index in [1.165, 1.54) is 0 Å². The van der Waals surface area contributed by atoms with Gasteiger partial charge < -0.3 is 0 Å². The van der Waals surface area contributed by atoms with Crippen LogP contribution in [0.4, 0.5) is 0 Å². The second-order valence-electron chi connectivity index (χ2n) is 1.43. The summed E-state index contributed by atoms with van der Waals surface area (Å²) >= 11 is -2.93. The molecule has 0 heterocycles. The molecule has 4 N–H and O–H groups in total. The Morgan fingerprint density at radius 3 is 2.33 bits per heavy atom. The van der Waals surface area contributed by atoms with Crippen LogP contribution in [0.5, 0.6) is 0 Å². The number of carboxylic acid groups (broad SMARTS) is 1. The van der Waals surface area contributed by atoms with Gasteiger partial charge >= 0.3 is 55.2 Å². The fourth-order valence-corrected chi connectivity index (χ4v) is 1.17. The third-order valence-electron chi connectivity index (χ3n) is 0.639. The number of hydrogen-bond donors (Lipinski definition) is 3. The van der Waals surface area contributed by atoms with E-state index >= 15 is 0 Å². The van der Waals surface area contributed by atoms with E-state index in [2.05, 4.69) is 0 Å². The molecule has 0 amide bonds. The summed E-state index contributed by atoms with van der Waals surface area (Å²) in [5.41, 5.74) is 4.89. The third-order valence-corrected chi connectivity index (χ3v) is 1.99. The zero-order valence-corrected chi connectivity index (χ0v) is 6.19. The van der Waals surface area contributed by atoms with Crippen LogP contribution in [0.15, 0.2) is 0 Å². The first-order chi connectivity index (χ1) is 4.04. The summed E-state index contributed by atoms with van der Waals surface area (Å²) in [6.45, 7) is 0. The van der Waals surface area contributed by atoms with Crippen LogP contribution in [-0.2, 0) is 8.63 Å². The topological polar surface area (TPSA) is 101 Å². The van der Waals surface area contributed by atoms with Crippen LogP contribution in [0, 0.1) is 0 Å². The van der Waals surface area contributed by atoms with Gasteiger partial charge in [-0.2, -0.15) is 0 Å². The summed E-state index contributed by atoms with van der Waals surface area (Å²) in [5.74, 6) is -1.24. The quantitative estimate of drug-likeness (QED) is 0.472. The van der Waals surface area contributed by atoms with Gasteiger partial charge in [-0.05, 0) is 0 Å². The Balaban J connectivity index is 3.63. The minimum atomic E-state index is -2.93. The first-order valence-corrected chi connectivity index (χ1v) is 4.77. The Labute approximate surface area is 55.9 Å². The summed E-state index contributed by atoms with van der Waals surface area (Å²) in [6, 6.07) is -1.20. The van der Waals surface area contributed by atoms with Crippen LogP contribution in [0.2, 0.25) is 5.32 Å². The maximum absolute atomic E-state index is 9.98. The van der Waals surface area contributed by atoms with E-state index in [4.69, 9.17) is 15.0 Å². The predicted octanol–water partition coefficient (Wildman–Crippen LogP) is -1.69. The molecule has 0 rings (SSSR count). The summed E-state index contributed by atoms with van der Waals surface area (Å²) in [4.78, 5) is 9.88. The van der Waals surface area contributed by atoms with Gasteiger partial charge in [0, 0.05) is 0 Å². The predicted molar refractivity (Wildman–Crippen MR) is 29.1 cm³/mol. The van der Waals surface area contributed by atoms with Gasteiger partial charge in [0.15, 0.2) is 0 Å². The van der Waals surface area contributed by atoms with Crippen molar-refractivity contribution in [3.05, 3.63) is 0 Å². The average Bonchev–Trinajstić information content (AvgIpc) is 1.63. The van der Waals surface area contributed by atoms with Crippen molar-refractivity contribution >= 4 is 20.1 Å². The molecule has 0 fully saturated rings. The van der Waals surface area contributed by atoms with E-state index in [1.54, 1.807) is 0 Å². The molecule has 0 saturated heterocycles. The van der Waals surface area contributed by atoms with Gasteiger partial charge in [0.25, 0.3) is 0 Å². The van der Waals surface area contributed by atoms with Crippen molar-refractivity contribution < 1.29 is 17.9 Å². The molecule has 0 aromatic heterocycles. The Hall–Kier alpha value is -0.291. The minimum absolute atomic E-state index is 0.324. The van der Waals surface area contributed by atoms with Crippen molar-refractivity contribution in [3.8, 4) is 0 Å². The zero-order chi connectivity index (χ0) is 7.44. The molecule has 2 atom stereocenters. The summed E-state index contributed by atoms with van der Waals surface area (Å²) in [7, 11) is 0. The molecular weight excluding hydrogens is 193 g/mol. The second-order valence-corrected chi connectivity index (χ2v) is 3.48. The van der Waals surface area contributed by atoms with Crippen LogP contribution < -0.4 is 5.73 Å². The number of rotatable bonds is 3. The van der Waals surface area contributed by atoms with Gasteiger partial charge in [0.2, 0.25) is 0 Å². The number of carboxylic acids is 1. The molecule has 0 aromatic rings. The molecule has 0 bridgehead atoms. The normalized spacial score (nSPS) is 16.7. The molecule has 0 aliphatic carbocycles. The number of nitrogens with two attached hydrogens (primary N) is 1. The van der Waals surface area contributed by atoms with E-state index in [0.717, 1.165) is 0 Å². The molecule has 0 aliphatic heterocycles. The molecule has 0 aromatic carbocycles. The molecule has 0 saturated carbocycles. The van der Waals surface area contributed by atoms with Gasteiger partial charge in [-0.1, -0.05) is 0 Å². The van der Waals surface area contributed by atoms with E-state index in [-0.39, 0.29) is 5.32 Å². The van der Waals surface area contributed by atoms with Crippen LogP contribution >= 0.6 is 0 Å². The van der Waals surface area contributed by atoms with E-state index in [9.17, 15) is 8.63 Å². The third kappa shape index (κ3) is 4.23. The van der Waals surface area contributed by atoms with Crippen molar-refractivity contribution in [2.24, 2.45) is 5.73 Å². The van der Waals surface area contributed by atoms with Gasteiger partial charge in [0.1, 0.15) is 0 Å². The summed E-state index contributed by atoms with van der Waals surface area (Å²) < 4.78 is 18.2. The molecule has 9 heavy (non-hydrogen) atoms.